The molecule has 124 valence electrons. The Kier molecular flexibility index (Phi) is 6.54. The maximum absolute atomic E-state index is 11.8. The van der Waals surface area contributed by atoms with Crippen molar-refractivity contribution >= 4 is 33.1 Å². The highest BCUT2D eigenvalue weighted by molar-refractivity contribution is 7.92. The second-order valence-electron chi connectivity index (χ2n) is 4.92. The Labute approximate surface area is 140 Å². The largest absolute Gasteiger partial charge is 0.355 e. The summed E-state index contributed by atoms with van der Waals surface area (Å²) in [6.45, 7) is 0.0833. The molecule has 0 aliphatic carbocycles. The van der Waals surface area contributed by atoms with Crippen LogP contribution in [0.1, 0.15) is 17.7 Å². The van der Waals surface area contributed by atoms with E-state index < -0.39 is 10.0 Å². The first-order valence-corrected chi connectivity index (χ1v) is 9.79. The number of hydrogen-bond donors (Lipinski definition) is 2. The summed E-state index contributed by atoms with van der Waals surface area (Å²) in [5.74, 6) is -0.0374. The number of thiophene rings is 1. The summed E-state index contributed by atoms with van der Waals surface area (Å²) in [5.41, 5.74) is 0. The molecule has 0 radical (unpaired) electrons. The Hall–Kier alpha value is -1.93. The number of amides is 1. The molecule has 0 unspecified atom stereocenters. The highest BCUT2D eigenvalue weighted by atomic mass is 32.2. The van der Waals surface area contributed by atoms with Crippen LogP contribution in [-0.4, -0.2) is 31.6 Å². The monoisotopic (exact) mass is 353 g/mol. The molecular formula is C15H19N3O3S2. The van der Waals surface area contributed by atoms with E-state index in [-0.39, 0.29) is 24.0 Å². The molecule has 0 spiro atoms. The first-order valence-electron chi connectivity index (χ1n) is 7.26. The van der Waals surface area contributed by atoms with Gasteiger partial charge in [0.05, 0.1) is 5.75 Å². The highest BCUT2D eigenvalue weighted by Crippen LogP contribution is 2.11. The Morgan fingerprint density at radius 1 is 1.22 bits per heavy atom. The summed E-state index contributed by atoms with van der Waals surface area (Å²) in [4.78, 5) is 16.8. The standard InChI is InChI=1S/C15H19N3O3S2/c19-15(8-3-5-13-6-4-11-22-13)17-10-12-23(20,21)18-14-7-1-2-9-16-14/h1-2,4,6-7,9,11H,3,5,8,10,12H2,(H,16,18)(H,17,19). The van der Waals surface area contributed by atoms with E-state index in [1.165, 1.54) is 11.1 Å². The lowest BCUT2D eigenvalue weighted by atomic mass is 10.2. The first-order chi connectivity index (χ1) is 11.1. The molecule has 0 bridgehead atoms. The van der Waals surface area contributed by atoms with Gasteiger partial charge in [0.2, 0.25) is 15.9 Å². The van der Waals surface area contributed by atoms with E-state index >= 15 is 0 Å². The predicted molar refractivity (Wildman–Crippen MR) is 91.9 cm³/mol. The third-order valence-corrected chi connectivity index (χ3v) is 5.22. The lowest BCUT2D eigenvalue weighted by molar-refractivity contribution is -0.121. The van der Waals surface area contributed by atoms with Crippen molar-refractivity contribution in [1.82, 2.24) is 10.3 Å². The molecule has 0 aliphatic rings. The molecule has 2 aromatic rings. The van der Waals surface area contributed by atoms with Crippen molar-refractivity contribution in [1.29, 1.82) is 0 Å². The van der Waals surface area contributed by atoms with Gasteiger partial charge in [-0.3, -0.25) is 9.52 Å². The zero-order valence-electron chi connectivity index (χ0n) is 12.6. The number of aryl methyl sites for hydroxylation is 1. The van der Waals surface area contributed by atoms with Crippen LogP contribution in [0.4, 0.5) is 5.82 Å². The van der Waals surface area contributed by atoms with Crippen molar-refractivity contribution < 1.29 is 13.2 Å². The fraction of sp³-hybridized carbons (Fsp3) is 0.333. The van der Waals surface area contributed by atoms with Crippen molar-refractivity contribution in [2.24, 2.45) is 0 Å². The molecule has 1 amide bonds. The number of hydrogen-bond acceptors (Lipinski definition) is 5. The molecule has 0 atom stereocenters. The van der Waals surface area contributed by atoms with Crippen molar-refractivity contribution in [2.75, 3.05) is 17.0 Å². The van der Waals surface area contributed by atoms with Crippen LogP contribution in [0.2, 0.25) is 0 Å². The quantitative estimate of drug-likeness (QED) is 0.722. The SMILES string of the molecule is O=C(CCCc1cccs1)NCCS(=O)(=O)Nc1ccccn1. The minimum Gasteiger partial charge on any atom is -0.355 e. The fourth-order valence-electron chi connectivity index (χ4n) is 1.92. The molecule has 0 saturated heterocycles. The van der Waals surface area contributed by atoms with Gasteiger partial charge in [-0.25, -0.2) is 13.4 Å². The lowest BCUT2D eigenvalue weighted by Crippen LogP contribution is -2.31. The number of carbonyl (C=O) groups is 1. The number of sulfonamides is 1. The van der Waals surface area contributed by atoms with Gasteiger partial charge in [0.25, 0.3) is 0 Å². The van der Waals surface area contributed by atoms with E-state index in [4.69, 9.17) is 0 Å². The molecule has 0 aliphatic heterocycles. The Bertz CT molecular complexity index is 701. The van der Waals surface area contributed by atoms with E-state index in [9.17, 15) is 13.2 Å². The second kappa shape index (κ2) is 8.64. The minimum atomic E-state index is -3.51. The van der Waals surface area contributed by atoms with Crippen molar-refractivity contribution in [3.63, 3.8) is 0 Å². The third-order valence-electron chi connectivity index (χ3n) is 3.03. The molecule has 0 saturated carbocycles. The van der Waals surface area contributed by atoms with Crippen LogP contribution in [0.5, 0.6) is 0 Å². The van der Waals surface area contributed by atoms with E-state index in [1.54, 1.807) is 29.5 Å². The van der Waals surface area contributed by atoms with E-state index in [2.05, 4.69) is 15.0 Å². The van der Waals surface area contributed by atoms with Crippen LogP contribution in [0, 0.1) is 0 Å². The molecule has 0 aromatic carbocycles. The second-order valence-corrected chi connectivity index (χ2v) is 7.79. The molecule has 2 rings (SSSR count). The number of aromatic nitrogens is 1. The number of anilines is 1. The number of nitrogens with one attached hydrogen (secondary N) is 2. The summed E-state index contributed by atoms with van der Waals surface area (Å²) in [6, 6.07) is 8.99. The third kappa shape index (κ3) is 6.79. The van der Waals surface area contributed by atoms with Crippen LogP contribution < -0.4 is 10.0 Å². The zero-order valence-corrected chi connectivity index (χ0v) is 14.2. The number of carbonyl (C=O) groups excluding carboxylic acids is 1. The van der Waals surface area contributed by atoms with Gasteiger partial charge in [-0.05, 0) is 36.4 Å². The van der Waals surface area contributed by atoms with Crippen LogP contribution in [-0.2, 0) is 21.2 Å². The van der Waals surface area contributed by atoms with Crippen LogP contribution in [0.25, 0.3) is 0 Å². The summed E-state index contributed by atoms with van der Waals surface area (Å²) in [7, 11) is -3.51. The minimum absolute atomic E-state index is 0.0833. The van der Waals surface area contributed by atoms with Crippen molar-refractivity contribution in [2.45, 2.75) is 19.3 Å². The number of nitrogens with zero attached hydrogens (tertiary/aromatic N) is 1. The molecule has 2 aromatic heterocycles. The maximum atomic E-state index is 11.8. The molecule has 2 heterocycles. The van der Waals surface area contributed by atoms with E-state index in [1.807, 2.05) is 17.5 Å². The molecular weight excluding hydrogens is 334 g/mol. The van der Waals surface area contributed by atoms with Gasteiger partial charge in [0.15, 0.2) is 0 Å². The molecule has 23 heavy (non-hydrogen) atoms. The van der Waals surface area contributed by atoms with Gasteiger partial charge in [-0.2, -0.15) is 0 Å². The first kappa shape index (κ1) is 17.4. The van der Waals surface area contributed by atoms with E-state index in [0.717, 1.165) is 12.8 Å². The zero-order chi connectivity index (χ0) is 16.5. The van der Waals surface area contributed by atoms with Crippen LogP contribution >= 0.6 is 11.3 Å². The van der Waals surface area contributed by atoms with Gasteiger partial charge in [0, 0.05) is 24.0 Å². The van der Waals surface area contributed by atoms with Gasteiger partial charge in [-0.1, -0.05) is 12.1 Å². The smallest absolute Gasteiger partial charge is 0.235 e. The Morgan fingerprint density at radius 2 is 2.09 bits per heavy atom. The molecule has 0 fully saturated rings. The number of pyridine rings is 1. The van der Waals surface area contributed by atoms with Crippen LogP contribution in [0.3, 0.4) is 0 Å². The Balaban J connectivity index is 1.64. The van der Waals surface area contributed by atoms with Gasteiger partial charge in [-0.15, -0.1) is 11.3 Å². The topological polar surface area (TPSA) is 88.2 Å². The van der Waals surface area contributed by atoms with Gasteiger partial charge < -0.3 is 5.32 Å². The molecule has 2 N–H and O–H groups in total. The maximum Gasteiger partial charge on any atom is 0.235 e. The molecule has 6 nitrogen and oxygen atoms in total. The van der Waals surface area contributed by atoms with Gasteiger partial charge >= 0.3 is 0 Å². The summed E-state index contributed by atoms with van der Waals surface area (Å²) >= 11 is 1.67. The van der Waals surface area contributed by atoms with Crippen LogP contribution in [0.15, 0.2) is 41.9 Å². The molecule has 8 heteroatoms. The summed E-state index contributed by atoms with van der Waals surface area (Å²) in [6.07, 6.45) is 3.52. The lowest BCUT2D eigenvalue weighted by Gasteiger charge is -2.08. The Morgan fingerprint density at radius 3 is 2.78 bits per heavy atom. The van der Waals surface area contributed by atoms with Gasteiger partial charge in [0.1, 0.15) is 5.82 Å². The summed E-state index contributed by atoms with van der Waals surface area (Å²) < 4.78 is 26.1. The number of rotatable bonds is 9. The normalized spacial score (nSPS) is 11.1. The predicted octanol–water partition coefficient (Wildman–Crippen LogP) is 2.02. The summed E-state index contributed by atoms with van der Waals surface area (Å²) in [5, 5.41) is 4.64. The average molecular weight is 353 g/mol. The van der Waals surface area contributed by atoms with Crippen molar-refractivity contribution in [3.8, 4) is 0 Å². The van der Waals surface area contributed by atoms with Crippen molar-refractivity contribution in [3.05, 3.63) is 46.8 Å². The fourth-order valence-corrected chi connectivity index (χ4v) is 3.59. The highest BCUT2D eigenvalue weighted by Gasteiger charge is 2.11. The van der Waals surface area contributed by atoms with E-state index in [0.29, 0.717) is 6.42 Å². The average Bonchev–Trinajstić information content (AvgIpc) is 3.01.